The SMILES string of the molecule is Cc1ccc(NC(=O)C(N)CO)o1. The van der Waals surface area contributed by atoms with Gasteiger partial charge in [-0.1, -0.05) is 0 Å². The Labute approximate surface area is 75.5 Å². The fraction of sp³-hybridized carbons (Fsp3) is 0.375. The first kappa shape index (κ1) is 9.76. The zero-order valence-electron chi connectivity index (χ0n) is 7.28. The Hall–Kier alpha value is -1.33. The molecule has 1 heterocycles. The Kier molecular flexibility index (Phi) is 3.05. The van der Waals surface area contributed by atoms with Gasteiger partial charge in [0, 0.05) is 6.07 Å². The average Bonchev–Trinajstić information content (AvgIpc) is 2.49. The summed E-state index contributed by atoms with van der Waals surface area (Å²) in [6.07, 6.45) is 0. The molecule has 72 valence electrons. The van der Waals surface area contributed by atoms with Crippen molar-refractivity contribution in [2.24, 2.45) is 5.73 Å². The fourth-order valence-electron chi connectivity index (χ4n) is 0.799. The van der Waals surface area contributed by atoms with Gasteiger partial charge in [0.05, 0.1) is 6.61 Å². The number of anilines is 1. The van der Waals surface area contributed by atoms with Crippen molar-refractivity contribution in [3.8, 4) is 0 Å². The number of furan rings is 1. The molecule has 13 heavy (non-hydrogen) atoms. The van der Waals surface area contributed by atoms with Gasteiger partial charge in [0.15, 0.2) is 5.88 Å². The highest BCUT2D eigenvalue weighted by molar-refractivity contribution is 5.93. The molecule has 0 aliphatic rings. The molecule has 5 heteroatoms. The second-order valence-electron chi connectivity index (χ2n) is 2.69. The van der Waals surface area contributed by atoms with E-state index in [4.69, 9.17) is 15.3 Å². The molecule has 0 saturated carbocycles. The summed E-state index contributed by atoms with van der Waals surface area (Å²) < 4.78 is 5.08. The van der Waals surface area contributed by atoms with E-state index in [0.717, 1.165) is 0 Å². The van der Waals surface area contributed by atoms with E-state index >= 15 is 0 Å². The van der Waals surface area contributed by atoms with E-state index in [9.17, 15) is 4.79 Å². The summed E-state index contributed by atoms with van der Waals surface area (Å²) >= 11 is 0. The second-order valence-corrected chi connectivity index (χ2v) is 2.69. The molecular weight excluding hydrogens is 172 g/mol. The van der Waals surface area contributed by atoms with Crippen LogP contribution in [0.4, 0.5) is 5.88 Å². The smallest absolute Gasteiger partial charge is 0.245 e. The molecule has 1 rings (SSSR count). The summed E-state index contributed by atoms with van der Waals surface area (Å²) in [6, 6.07) is 2.43. The van der Waals surface area contributed by atoms with Crippen LogP contribution in [0.5, 0.6) is 0 Å². The summed E-state index contributed by atoms with van der Waals surface area (Å²) in [5.41, 5.74) is 5.27. The van der Waals surface area contributed by atoms with Crippen LogP contribution >= 0.6 is 0 Å². The molecule has 1 atom stereocenters. The number of aliphatic hydroxyl groups excluding tert-OH is 1. The summed E-state index contributed by atoms with van der Waals surface area (Å²) in [7, 11) is 0. The highest BCUT2D eigenvalue weighted by Crippen LogP contribution is 2.11. The van der Waals surface area contributed by atoms with Crippen LogP contribution in [-0.2, 0) is 4.79 Å². The summed E-state index contributed by atoms with van der Waals surface area (Å²) in [6.45, 7) is 1.38. The number of aliphatic hydroxyl groups is 1. The third-order valence-electron chi connectivity index (χ3n) is 1.52. The molecule has 0 spiro atoms. The molecule has 0 radical (unpaired) electrons. The Morgan fingerprint density at radius 3 is 2.92 bits per heavy atom. The van der Waals surface area contributed by atoms with E-state index in [1.165, 1.54) is 0 Å². The molecule has 0 bridgehead atoms. The van der Waals surface area contributed by atoms with Crippen molar-refractivity contribution in [2.45, 2.75) is 13.0 Å². The first-order chi connectivity index (χ1) is 6.13. The van der Waals surface area contributed by atoms with E-state index < -0.39 is 11.9 Å². The Morgan fingerprint density at radius 2 is 2.46 bits per heavy atom. The molecule has 1 aromatic rings. The highest BCUT2D eigenvalue weighted by atomic mass is 16.4. The molecule has 0 fully saturated rings. The van der Waals surface area contributed by atoms with Crippen LogP contribution < -0.4 is 11.1 Å². The van der Waals surface area contributed by atoms with E-state index in [1.807, 2.05) is 0 Å². The number of carbonyl (C=O) groups excluding carboxylic acids is 1. The number of amides is 1. The average molecular weight is 184 g/mol. The molecule has 0 aliphatic carbocycles. The zero-order chi connectivity index (χ0) is 9.84. The first-order valence-electron chi connectivity index (χ1n) is 3.87. The van der Waals surface area contributed by atoms with Crippen molar-refractivity contribution in [2.75, 3.05) is 11.9 Å². The Bertz CT molecular complexity index is 295. The minimum Gasteiger partial charge on any atom is -0.446 e. The van der Waals surface area contributed by atoms with Crippen LogP contribution in [0, 0.1) is 6.92 Å². The largest absolute Gasteiger partial charge is 0.446 e. The van der Waals surface area contributed by atoms with Gasteiger partial charge in [-0.3, -0.25) is 10.1 Å². The third-order valence-corrected chi connectivity index (χ3v) is 1.52. The lowest BCUT2D eigenvalue weighted by atomic mass is 10.3. The minimum atomic E-state index is -0.912. The first-order valence-corrected chi connectivity index (χ1v) is 3.87. The third kappa shape index (κ3) is 2.57. The van der Waals surface area contributed by atoms with Crippen molar-refractivity contribution in [3.05, 3.63) is 17.9 Å². The molecule has 0 aliphatic heterocycles. The van der Waals surface area contributed by atoms with Gasteiger partial charge in [0.25, 0.3) is 0 Å². The summed E-state index contributed by atoms with van der Waals surface area (Å²) in [5, 5.41) is 11.0. The topological polar surface area (TPSA) is 88.5 Å². The summed E-state index contributed by atoms with van der Waals surface area (Å²) in [5.74, 6) is 0.580. The van der Waals surface area contributed by atoms with Crippen molar-refractivity contribution in [3.63, 3.8) is 0 Å². The minimum absolute atomic E-state index is 0.339. The lowest BCUT2D eigenvalue weighted by Gasteiger charge is -2.06. The molecule has 0 aromatic carbocycles. The zero-order valence-corrected chi connectivity index (χ0v) is 7.28. The van der Waals surface area contributed by atoms with E-state index in [-0.39, 0.29) is 6.61 Å². The highest BCUT2D eigenvalue weighted by Gasteiger charge is 2.12. The molecule has 4 N–H and O–H groups in total. The van der Waals surface area contributed by atoms with Crippen LogP contribution in [0.25, 0.3) is 0 Å². The maximum atomic E-state index is 11.1. The van der Waals surface area contributed by atoms with Crippen LogP contribution in [0.2, 0.25) is 0 Å². The van der Waals surface area contributed by atoms with Gasteiger partial charge in [-0.25, -0.2) is 0 Å². The van der Waals surface area contributed by atoms with Gasteiger partial charge in [-0.05, 0) is 13.0 Å². The van der Waals surface area contributed by atoms with E-state index in [0.29, 0.717) is 11.6 Å². The van der Waals surface area contributed by atoms with Gasteiger partial charge in [0.2, 0.25) is 5.91 Å². The lowest BCUT2D eigenvalue weighted by Crippen LogP contribution is -2.38. The number of hydrogen-bond acceptors (Lipinski definition) is 4. The van der Waals surface area contributed by atoms with Crippen LogP contribution in [0.3, 0.4) is 0 Å². The van der Waals surface area contributed by atoms with Gasteiger partial charge in [0.1, 0.15) is 11.8 Å². The lowest BCUT2D eigenvalue weighted by molar-refractivity contribution is -0.118. The number of nitrogens with one attached hydrogen (secondary N) is 1. The van der Waals surface area contributed by atoms with Crippen molar-refractivity contribution >= 4 is 11.8 Å². The van der Waals surface area contributed by atoms with E-state index in [2.05, 4.69) is 5.32 Å². The normalized spacial score (nSPS) is 12.5. The fourth-order valence-corrected chi connectivity index (χ4v) is 0.799. The van der Waals surface area contributed by atoms with Gasteiger partial charge >= 0.3 is 0 Å². The molecule has 0 saturated heterocycles. The maximum absolute atomic E-state index is 11.1. The molecular formula is C8H12N2O3. The van der Waals surface area contributed by atoms with Crippen molar-refractivity contribution in [1.29, 1.82) is 0 Å². The van der Waals surface area contributed by atoms with Crippen molar-refractivity contribution in [1.82, 2.24) is 0 Å². The second kappa shape index (κ2) is 4.06. The predicted octanol–water partition coefficient (Wildman–Crippen LogP) is -0.154. The molecule has 1 aromatic heterocycles. The molecule has 1 unspecified atom stereocenters. The van der Waals surface area contributed by atoms with Crippen LogP contribution in [-0.4, -0.2) is 23.7 Å². The van der Waals surface area contributed by atoms with Crippen molar-refractivity contribution < 1.29 is 14.3 Å². The molecule has 5 nitrogen and oxygen atoms in total. The van der Waals surface area contributed by atoms with Crippen LogP contribution in [0.1, 0.15) is 5.76 Å². The number of nitrogens with two attached hydrogens (primary N) is 1. The number of aryl methyl sites for hydroxylation is 1. The van der Waals surface area contributed by atoms with Crippen LogP contribution in [0.15, 0.2) is 16.5 Å². The van der Waals surface area contributed by atoms with Gasteiger partial charge in [-0.15, -0.1) is 0 Å². The number of hydrogen-bond donors (Lipinski definition) is 3. The maximum Gasteiger partial charge on any atom is 0.245 e. The van der Waals surface area contributed by atoms with Gasteiger partial charge < -0.3 is 15.3 Å². The number of rotatable bonds is 3. The Balaban J connectivity index is 2.54. The summed E-state index contributed by atoms with van der Waals surface area (Å²) in [4.78, 5) is 11.1. The van der Waals surface area contributed by atoms with Gasteiger partial charge in [-0.2, -0.15) is 0 Å². The predicted molar refractivity (Wildman–Crippen MR) is 47.1 cm³/mol. The number of carbonyl (C=O) groups is 1. The molecule has 1 amide bonds. The Morgan fingerprint density at radius 1 is 1.77 bits per heavy atom. The standard InChI is InChI=1S/C8H12N2O3/c1-5-2-3-7(13-5)10-8(12)6(9)4-11/h2-3,6,11H,4,9H2,1H3,(H,10,12). The monoisotopic (exact) mass is 184 g/mol. The quantitative estimate of drug-likeness (QED) is 0.609. The van der Waals surface area contributed by atoms with E-state index in [1.54, 1.807) is 19.1 Å².